The van der Waals surface area contributed by atoms with Gasteiger partial charge in [-0.2, -0.15) is 5.10 Å². The molecule has 1 aromatic carbocycles. The Labute approximate surface area is 143 Å². The molecule has 3 unspecified atom stereocenters. The molecule has 2 N–H and O–H groups in total. The molecule has 1 heterocycles. The van der Waals surface area contributed by atoms with Gasteiger partial charge in [0.2, 0.25) is 0 Å². The van der Waals surface area contributed by atoms with Crippen molar-refractivity contribution in [3.05, 3.63) is 17.7 Å². The predicted octanol–water partition coefficient (Wildman–Crippen LogP) is 1.73. The molecule has 0 spiro atoms. The molecule has 1 aliphatic rings. The van der Waals surface area contributed by atoms with Gasteiger partial charge in [-0.25, -0.2) is 13.0 Å². The lowest BCUT2D eigenvalue weighted by atomic mass is 10.0. The van der Waals surface area contributed by atoms with Crippen molar-refractivity contribution < 1.29 is 13.3 Å². The van der Waals surface area contributed by atoms with E-state index in [2.05, 4.69) is 12.0 Å². The first-order valence-corrected chi connectivity index (χ1v) is 9.44. The molecule has 9 heteroatoms. The van der Waals surface area contributed by atoms with Crippen molar-refractivity contribution in [3.63, 3.8) is 0 Å². The van der Waals surface area contributed by atoms with Crippen LogP contribution in [0.25, 0.3) is 10.9 Å². The molecule has 0 aliphatic heterocycles. The van der Waals surface area contributed by atoms with Crippen LogP contribution in [0.3, 0.4) is 0 Å². The lowest BCUT2D eigenvalue weighted by Gasteiger charge is -2.18. The third kappa shape index (κ3) is 3.19. The van der Waals surface area contributed by atoms with Crippen molar-refractivity contribution in [2.75, 3.05) is 16.2 Å². The van der Waals surface area contributed by atoms with Gasteiger partial charge in [0.1, 0.15) is 12.8 Å². The fourth-order valence-electron chi connectivity index (χ4n) is 3.13. The average molecular weight is 354 g/mol. The minimum atomic E-state index is -2.54. The van der Waals surface area contributed by atoms with E-state index in [1.165, 1.54) is 21.6 Å². The largest absolute Gasteiger partial charge is 0.594 e. The van der Waals surface area contributed by atoms with Gasteiger partial charge >= 0.3 is 0 Å². The normalized spacial score (nSPS) is 21.4. The van der Waals surface area contributed by atoms with E-state index in [-0.39, 0.29) is 0 Å². The van der Waals surface area contributed by atoms with E-state index < -0.39 is 24.3 Å². The quantitative estimate of drug-likeness (QED) is 0.487. The van der Waals surface area contributed by atoms with Crippen molar-refractivity contribution in [1.82, 2.24) is 9.78 Å². The lowest BCUT2D eigenvalue weighted by molar-refractivity contribution is 0.123. The molecule has 5 nitrogen and oxygen atoms in total. The van der Waals surface area contributed by atoms with E-state index in [1.807, 2.05) is 6.07 Å². The molecule has 1 aromatic heterocycles. The van der Waals surface area contributed by atoms with E-state index in [0.717, 1.165) is 17.4 Å². The Kier molecular flexibility index (Phi) is 4.66. The number of alkyl halides is 2. The zero-order valence-electron chi connectivity index (χ0n) is 14.0. The van der Waals surface area contributed by atoms with Crippen LogP contribution in [-0.2, 0) is 24.3 Å². The Morgan fingerprint density at radius 3 is 2.75 bits per heavy atom. The molecule has 1 fully saturated rings. The van der Waals surface area contributed by atoms with Gasteiger partial charge in [-0.3, -0.25) is 4.68 Å². The van der Waals surface area contributed by atoms with E-state index in [9.17, 15) is 13.3 Å². The maximum Gasteiger partial charge on any atom is 0.286 e. The Morgan fingerprint density at radius 1 is 1.54 bits per heavy atom. The average Bonchev–Trinajstić information content (AvgIpc) is 3.05. The fraction of sp³-hybridized carbons (Fsp3) is 0.533. The number of benzene rings is 1. The smallest absolute Gasteiger partial charge is 0.286 e. The number of nitrogens with two attached hydrogens (primary N) is 1. The standard InChI is InChI=1S/C15H21BF2N4OS/c1-8-5-10(8)6-9-3-4-11(19)14-13(9)15(22(16)24(2)23)20-21(14)7-12(17)18/h3-4,8,10,12H,5-7,16,19H2,1-2H3. The number of aromatic nitrogens is 2. The lowest BCUT2D eigenvalue weighted by Crippen LogP contribution is -2.27. The maximum atomic E-state index is 12.9. The number of hydrogen-bond donors (Lipinski definition) is 1. The highest BCUT2D eigenvalue weighted by atomic mass is 32.2. The molecule has 0 amide bonds. The first-order valence-electron chi connectivity index (χ1n) is 7.92. The first-order chi connectivity index (χ1) is 11.3. The molecule has 2 aromatic rings. The topological polar surface area (TPSA) is 70.1 Å². The third-order valence-electron chi connectivity index (χ3n) is 4.75. The highest BCUT2D eigenvalue weighted by molar-refractivity contribution is 7.93. The summed E-state index contributed by atoms with van der Waals surface area (Å²) in [5, 5.41) is 5.05. The summed E-state index contributed by atoms with van der Waals surface area (Å²) in [4.78, 5) is 0. The van der Waals surface area contributed by atoms with Crippen molar-refractivity contribution in [1.29, 1.82) is 0 Å². The van der Waals surface area contributed by atoms with E-state index in [4.69, 9.17) is 5.73 Å². The summed E-state index contributed by atoms with van der Waals surface area (Å²) in [7, 11) is 1.65. The van der Waals surface area contributed by atoms with Crippen molar-refractivity contribution in [2.24, 2.45) is 11.8 Å². The first kappa shape index (κ1) is 17.4. The second-order valence-corrected chi connectivity index (χ2v) is 7.93. The summed E-state index contributed by atoms with van der Waals surface area (Å²) in [6.45, 7) is 1.67. The predicted molar refractivity (Wildman–Crippen MR) is 96.2 cm³/mol. The van der Waals surface area contributed by atoms with E-state index in [0.29, 0.717) is 28.9 Å². The van der Waals surface area contributed by atoms with Crippen molar-refractivity contribution >= 4 is 41.8 Å². The molecular weight excluding hydrogens is 333 g/mol. The summed E-state index contributed by atoms with van der Waals surface area (Å²) < 4.78 is 40.5. The number of nitrogen functional groups attached to an aromatic ring is 1. The van der Waals surface area contributed by atoms with Crippen LogP contribution in [0.15, 0.2) is 12.1 Å². The third-order valence-corrected chi connectivity index (χ3v) is 5.69. The van der Waals surface area contributed by atoms with E-state index in [1.54, 1.807) is 14.0 Å². The summed E-state index contributed by atoms with van der Waals surface area (Å²) in [6.07, 6.45) is 1.02. The second kappa shape index (κ2) is 6.44. The van der Waals surface area contributed by atoms with Crippen LogP contribution in [0.2, 0.25) is 0 Å². The summed E-state index contributed by atoms with van der Waals surface area (Å²) in [5.74, 6) is 1.72. The number of nitrogens with zero attached hydrogens (tertiary/aromatic N) is 3. The Bertz CT molecular complexity index is 755. The van der Waals surface area contributed by atoms with Crippen molar-refractivity contribution in [2.45, 2.75) is 32.7 Å². The number of hydrogen-bond acceptors (Lipinski definition) is 4. The van der Waals surface area contributed by atoms with Gasteiger partial charge < -0.3 is 10.3 Å². The zero-order chi connectivity index (χ0) is 17.6. The van der Waals surface area contributed by atoms with Gasteiger partial charge in [0.05, 0.1) is 28.0 Å². The van der Waals surface area contributed by atoms with Crippen LogP contribution in [-0.4, -0.2) is 35.0 Å². The SMILES string of the molecule is BN(c1nn(CC(F)F)c2c(N)ccc(CC3CC3C)c12)[S+](C)[O-]. The Hall–Kier alpha value is -1.48. The van der Waals surface area contributed by atoms with Gasteiger partial charge in [-0.05, 0) is 36.3 Å². The van der Waals surface area contributed by atoms with Gasteiger partial charge in [0, 0.05) is 0 Å². The molecule has 3 atom stereocenters. The highest BCUT2D eigenvalue weighted by Gasteiger charge is 2.34. The van der Waals surface area contributed by atoms with Crippen LogP contribution in [0.4, 0.5) is 20.3 Å². The molecule has 1 aliphatic carbocycles. The Morgan fingerprint density at radius 2 is 2.21 bits per heavy atom. The van der Waals surface area contributed by atoms with E-state index >= 15 is 0 Å². The molecule has 24 heavy (non-hydrogen) atoms. The molecule has 1 saturated carbocycles. The molecule has 0 bridgehead atoms. The summed E-state index contributed by atoms with van der Waals surface area (Å²) in [6, 6.07) is 3.69. The maximum absolute atomic E-state index is 12.9. The molecule has 0 radical (unpaired) electrons. The van der Waals surface area contributed by atoms with Gasteiger partial charge in [0.15, 0.2) is 5.82 Å². The Balaban J connectivity index is 2.17. The molecular formula is C15H21BF2N4OS. The molecule has 130 valence electrons. The zero-order valence-corrected chi connectivity index (χ0v) is 14.8. The van der Waals surface area contributed by atoms with Crippen LogP contribution >= 0.6 is 0 Å². The molecule has 3 rings (SSSR count). The van der Waals surface area contributed by atoms with Gasteiger partial charge in [-0.15, -0.1) is 0 Å². The monoisotopic (exact) mass is 354 g/mol. The van der Waals surface area contributed by atoms with Gasteiger partial charge in [-0.1, -0.05) is 13.0 Å². The van der Waals surface area contributed by atoms with Crippen LogP contribution in [0, 0.1) is 11.8 Å². The number of fused-ring (bicyclic) bond motifs is 1. The van der Waals surface area contributed by atoms with Crippen LogP contribution in [0.5, 0.6) is 0 Å². The minimum absolute atomic E-state index is 0.410. The summed E-state index contributed by atoms with van der Waals surface area (Å²) >= 11 is -1.31. The van der Waals surface area contributed by atoms with Gasteiger partial charge in [0.25, 0.3) is 14.4 Å². The highest BCUT2D eigenvalue weighted by Crippen LogP contribution is 2.43. The second-order valence-electron chi connectivity index (χ2n) is 6.53. The number of halogens is 2. The number of rotatable bonds is 6. The number of anilines is 2. The fourth-order valence-corrected chi connectivity index (χ4v) is 3.50. The summed E-state index contributed by atoms with van der Waals surface area (Å²) in [5.41, 5.74) is 8.01. The van der Waals surface area contributed by atoms with Crippen LogP contribution in [0.1, 0.15) is 18.9 Å². The molecule has 0 saturated heterocycles. The van der Waals surface area contributed by atoms with Crippen LogP contribution < -0.4 is 9.95 Å². The van der Waals surface area contributed by atoms with Crippen molar-refractivity contribution in [3.8, 4) is 0 Å². The minimum Gasteiger partial charge on any atom is -0.594 e.